The molecule has 4 heteroatoms. The summed E-state index contributed by atoms with van der Waals surface area (Å²) >= 11 is 0. The molecule has 0 heterocycles. The van der Waals surface area contributed by atoms with Crippen LogP contribution < -0.4 is 10.1 Å². The molecule has 0 fully saturated rings. The van der Waals surface area contributed by atoms with Crippen LogP contribution in [-0.4, -0.2) is 31.8 Å². The van der Waals surface area contributed by atoms with E-state index >= 15 is 0 Å². The highest BCUT2D eigenvalue weighted by molar-refractivity contribution is 5.88. The van der Waals surface area contributed by atoms with E-state index < -0.39 is 5.54 Å². The second-order valence-corrected chi connectivity index (χ2v) is 5.12. The van der Waals surface area contributed by atoms with E-state index in [2.05, 4.69) is 5.32 Å². The number of likely N-dealkylation sites (N-methyl/N-ethyl adjacent to an activating group) is 1. The van der Waals surface area contributed by atoms with E-state index in [0.29, 0.717) is 6.54 Å². The summed E-state index contributed by atoms with van der Waals surface area (Å²) in [5.41, 5.74) is -0.861. The molecule has 2 aromatic rings. The summed E-state index contributed by atoms with van der Waals surface area (Å²) in [4.78, 5) is 11.9. The zero-order valence-electron chi connectivity index (χ0n) is 12.7. The van der Waals surface area contributed by atoms with Crippen LogP contribution in [0.1, 0.15) is 13.8 Å². The lowest BCUT2D eigenvalue weighted by Gasteiger charge is -2.27. The molecule has 4 nitrogen and oxygen atoms in total. The summed E-state index contributed by atoms with van der Waals surface area (Å²) < 4.78 is 10.8. The number of ether oxygens (including phenoxy) is 2. The number of nitrogens with one attached hydrogen (secondary N) is 1. The fraction of sp³-hybridized carbons (Fsp3) is 0.353. The van der Waals surface area contributed by atoms with E-state index in [0.717, 1.165) is 16.5 Å². The van der Waals surface area contributed by atoms with Gasteiger partial charge < -0.3 is 9.47 Å². The van der Waals surface area contributed by atoms with Gasteiger partial charge in [-0.25, -0.2) is 4.79 Å². The molecule has 0 aliphatic rings. The molecule has 0 radical (unpaired) electrons. The molecule has 1 atom stereocenters. The first-order valence-corrected chi connectivity index (χ1v) is 7.04. The van der Waals surface area contributed by atoms with Gasteiger partial charge in [0.2, 0.25) is 0 Å². The molecule has 0 bridgehead atoms. The third-order valence-electron chi connectivity index (χ3n) is 3.47. The van der Waals surface area contributed by atoms with Crippen molar-refractivity contribution in [2.45, 2.75) is 19.4 Å². The lowest BCUT2D eigenvalue weighted by Crippen LogP contribution is -2.54. The first kappa shape index (κ1) is 15.3. The van der Waals surface area contributed by atoms with Gasteiger partial charge in [0.05, 0.1) is 7.11 Å². The maximum atomic E-state index is 11.9. The number of benzene rings is 2. The van der Waals surface area contributed by atoms with E-state index in [1.165, 1.54) is 7.11 Å². The minimum absolute atomic E-state index is 0.210. The standard InChI is InChI=1S/C17H21NO3/c1-4-18-17(2,16(19)20-3)12-21-15-11-7-9-13-8-5-6-10-14(13)15/h5-11,18H,4,12H2,1-3H3. The average Bonchev–Trinajstić information content (AvgIpc) is 2.52. The van der Waals surface area contributed by atoms with Gasteiger partial charge in [0.15, 0.2) is 0 Å². The van der Waals surface area contributed by atoms with Crippen molar-refractivity contribution in [2.24, 2.45) is 0 Å². The van der Waals surface area contributed by atoms with Crippen molar-refractivity contribution in [3.63, 3.8) is 0 Å². The second-order valence-electron chi connectivity index (χ2n) is 5.12. The van der Waals surface area contributed by atoms with Crippen LogP contribution in [0.3, 0.4) is 0 Å². The Balaban J connectivity index is 2.22. The van der Waals surface area contributed by atoms with Crippen LogP contribution in [0.25, 0.3) is 10.8 Å². The minimum atomic E-state index is -0.861. The van der Waals surface area contributed by atoms with Crippen molar-refractivity contribution < 1.29 is 14.3 Å². The Hall–Kier alpha value is -2.07. The van der Waals surface area contributed by atoms with Crippen molar-refractivity contribution in [1.82, 2.24) is 5.32 Å². The minimum Gasteiger partial charge on any atom is -0.490 e. The van der Waals surface area contributed by atoms with Gasteiger partial charge in [0.1, 0.15) is 17.9 Å². The number of esters is 1. The van der Waals surface area contributed by atoms with Gasteiger partial charge in [-0.05, 0) is 24.9 Å². The highest BCUT2D eigenvalue weighted by atomic mass is 16.5. The van der Waals surface area contributed by atoms with Gasteiger partial charge >= 0.3 is 5.97 Å². The van der Waals surface area contributed by atoms with E-state index in [4.69, 9.17) is 9.47 Å². The molecule has 1 unspecified atom stereocenters. The van der Waals surface area contributed by atoms with Gasteiger partial charge in [0.25, 0.3) is 0 Å². The molecule has 0 amide bonds. The Bertz CT molecular complexity index is 621. The van der Waals surface area contributed by atoms with Gasteiger partial charge in [-0.15, -0.1) is 0 Å². The number of fused-ring (bicyclic) bond motifs is 1. The van der Waals surface area contributed by atoms with E-state index in [9.17, 15) is 4.79 Å². The number of hydrogen-bond acceptors (Lipinski definition) is 4. The van der Waals surface area contributed by atoms with E-state index in [1.54, 1.807) is 6.92 Å². The van der Waals surface area contributed by atoms with Crippen molar-refractivity contribution in [2.75, 3.05) is 20.3 Å². The van der Waals surface area contributed by atoms with Crippen LogP contribution in [0.5, 0.6) is 5.75 Å². The molecule has 0 aliphatic carbocycles. The zero-order valence-corrected chi connectivity index (χ0v) is 12.7. The van der Waals surface area contributed by atoms with E-state index in [1.807, 2.05) is 49.4 Å². The first-order valence-electron chi connectivity index (χ1n) is 7.04. The van der Waals surface area contributed by atoms with Crippen molar-refractivity contribution in [3.8, 4) is 5.75 Å². The van der Waals surface area contributed by atoms with Crippen LogP contribution in [-0.2, 0) is 9.53 Å². The largest absolute Gasteiger partial charge is 0.490 e. The predicted molar refractivity (Wildman–Crippen MR) is 83.5 cm³/mol. The monoisotopic (exact) mass is 287 g/mol. The maximum absolute atomic E-state index is 11.9. The lowest BCUT2D eigenvalue weighted by molar-refractivity contribution is -0.149. The van der Waals surface area contributed by atoms with Crippen LogP contribution in [0.2, 0.25) is 0 Å². The Morgan fingerprint density at radius 1 is 1.19 bits per heavy atom. The Morgan fingerprint density at radius 2 is 1.90 bits per heavy atom. The molecule has 0 aliphatic heterocycles. The molecule has 112 valence electrons. The summed E-state index contributed by atoms with van der Waals surface area (Å²) in [7, 11) is 1.38. The van der Waals surface area contributed by atoms with Crippen LogP contribution in [0, 0.1) is 0 Å². The number of rotatable bonds is 6. The molecule has 0 saturated carbocycles. The molecule has 0 saturated heterocycles. The third-order valence-corrected chi connectivity index (χ3v) is 3.47. The van der Waals surface area contributed by atoms with Gasteiger partial charge in [-0.1, -0.05) is 43.3 Å². The third kappa shape index (κ3) is 3.34. The molecular formula is C17H21NO3. The Morgan fingerprint density at radius 3 is 2.62 bits per heavy atom. The summed E-state index contributed by atoms with van der Waals surface area (Å²) in [5.74, 6) is 0.436. The van der Waals surface area contributed by atoms with E-state index in [-0.39, 0.29) is 12.6 Å². The topological polar surface area (TPSA) is 47.6 Å². The van der Waals surface area contributed by atoms with Crippen LogP contribution in [0.4, 0.5) is 0 Å². The van der Waals surface area contributed by atoms with Gasteiger partial charge in [-0.2, -0.15) is 0 Å². The fourth-order valence-electron chi connectivity index (χ4n) is 2.34. The SMILES string of the molecule is CCNC(C)(COc1cccc2ccccc12)C(=O)OC. The number of carbonyl (C=O) groups excluding carboxylic acids is 1. The summed E-state index contributed by atoms with van der Waals surface area (Å²) in [6.45, 7) is 4.60. The molecule has 21 heavy (non-hydrogen) atoms. The molecule has 0 aromatic heterocycles. The quantitative estimate of drug-likeness (QED) is 0.830. The van der Waals surface area contributed by atoms with Crippen molar-refractivity contribution in [1.29, 1.82) is 0 Å². The summed E-state index contributed by atoms with van der Waals surface area (Å²) in [6.07, 6.45) is 0. The maximum Gasteiger partial charge on any atom is 0.329 e. The first-order chi connectivity index (χ1) is 10.1. The molecule has 1 N–H and O–H groups in total. The summed E-state index contributed by atoms with van der Waals surface area (Å²) in [6, 6.07) is 13.9. The molecule has 0 spiro atoms. The highest BCUT2D eigenvalue weighted by Gasteiger charge is 2.34. The highest BCUT2D eigenvalue weighted by Crippen LogP contribution is 2.26. The van der Waals surface area contributed by atoms with Crippen LogP contribution in [0.15, 0.2) is 42.5 Å². The smallest absolute Gasteiger partial charge is 0.329 e. The molecular weight excluding hydrogens is 266 g/mol. The number of hydrogen-bond donors (Lipinski definition) is 1. The Kier molecular flexibility index (Phi) is 4.81. The second kappa shape index (κ2) is 6.59. The molecule has 2 aromatic carbocycles. The average molecular weight is 287 g/mol. The normalized spacial score (nSPS) is 13.7. The number of methoxy groups -OCH3 is 1. The zero-order chi connectivity index (χ0) is 15.3. The summed E-state index contributed by atoms with van der Waals surface area (Å²) in [5, 5.41) is 5.27. The van der Waals surface area contributed by atoms with Gasteiger partial charge in [-0.3, -0.25) is 5.32 Å². The lowest BCUT2D eigenvalue weighted by atomic mass is 10.0. The van der Waals surface area contributed by atoms with Gasteiger partial charge in [0, 0.05) is 5.39 Å². The van der Waals surface area contributed by atoms with Crippen molar-refractivity contribution >= 4 is 16.7 Å². The van der Waals surface area contributed by atoms with Crippen molar-refractivity contribution in [3.05, 3.63) is 42.5 Å². The number of carbonyl (C=O) groups is 1. The fourth-order valence-corrected chi connectivity index (χ4v) is 2.34. The van der Waals surface area contributed by atoms with Crippen LogP contribution >= 0.6 is 0 Å². The predicted octanol–water partition coefficient (Wildman–Crippen LogP) is 2.76. The molecule has 2 rings (SSSR count). The Labute approximate surface area is 125 Å².